The Hall–Kier alpha value is -1.96. The SMILES string of the molecule is CC(C)(C)OC(=O)Nc1cc(C(=O)c2ccc(I)cc2)ccn1. The van der Waals surface area contributed by atoms with Crippen molar-refractivity contribution in [3.8, 4) is 0 Å². The highest BCUT2D eigenvalue weighted by atomic mass is 127. The number of nitrogens with zero attached hydrogens (tertiary/aromatic N) is 1. The van der Waals surface area contributed by atoms with Crippen LogP contribution in [-0.2, 0) is 4.74 Å². The van der Waals surface area contributed by atoms with Gasteiger partial charge in [-0.3, -0.25) is 10.1 Å². The molecule has 0 atom stereocenters. The molecule has 1 heterocycles. The lowest BCUT2D eigenvalue weighted by Gasteiger charge is -2.19. The molecule has 23 heavy (non-hydrogen) atoms. The monoisotopic (exact) mass is 424 g/mol. The van der Waals surface area contributed by atoms with Crippen LogP contribution in [0.25, 0.3) is 0 Å². The van der Waals surface area contributed by atoms with Gasteiger partial charge in [0.1, 0.15) is 11.4 Å². The Morgan fingerprint density at radius 3 is 2.35 bits per heavy atom. The molecule has 0 aliphatic carbocycles. The van der Waals surface area contributed by atoms with Gasteiger partial charge in [0.15, 0.2) is 5.78 Å². The number of nitrogens with one attached hydrogen (secondary N) is 1. The van der Waals surface area contributed by atoms with E-state index < -0.39 is 11.7 Å². The number of amides is 1. The van der Waals surface area contributed by atoms with E-state index >= 15 is 0 Å². The quantitative estimate of drug-likeness (QED) is 0.591. The molecule has 0 saturated carbocycles. The molecule has 1 aromatic carbocycles. The number of carbonyl (C=O) groups is 2. The van der Waals surface area contributed by atoms with Gasteiger partial charge in [0.25, 0.3) is 0 Å². The van der Waals surface area contributed by atoms with Gasteiger partial charge in [-0.25, -0.2) is 9.78 Å². The van der Waals surface area contributed by atoms with Gasteiger partial charge in [0.2, 0.25) is 0 Å². The third-order valence-corrected chi connectivity index (χ3v) is 3.48. The Balaban J connectivity index is 2.15. The number of hydrogen-bond donors (Lipinski definition) is 1. The molecule has 0 saturated heterocycles. The van der Waals surface area contributed by atoms with Gasteiger partial charge in [-0.15, -0.1) is 0 Å². The zero-order chi connectivity index (χ0) is 17.0. The van der Waals surface area contributed by atoms with E-state index in [0.29, 0.717) is 11.1 Å². The molecule has 0 spiro atoms. The minimum atomic E-state index is -0.608. The molecular weight excluding hydrogens is 407 g/mol. The molecule has 0 bridgehead atoms. The van der Waals surface area contributed by atoms with Gasteiger partial charge in [0.05, 0.1) is 0 Å². The smallest absolute Gasteiger partial charge is 0.413 e. The summed E-state index contributed by atoms with van der Waals surface area (Å²) < 4.78 is 6.22. The fourth-order valence-electron chi connectivity index (χ4n) is 1.82. The standard InChI is InChI=1S/C17H17IN2O3/c1-17(2,3)23-16(22)20-14-10-12(8-9-19-14)15(21)11-4-6-13(18)7-5-11/h4-10H,1-3H3,(H,19,20,22). The van der Waals surface area contributed by atoms with E-state index in [1.54, 1.807) is 39.0 Å². The molecule has 0 fully saturated rings. The second-order valence-electron chi connectivity index (χ2n) is 5.89. The summed E-state index contributed by atoms with van der Waals surface area (Å²) in [6.45, 7) is 5.32. The maximum atomic E-state index is 12.5. The maximum Gasteiger partial charge on any atom is 0.413 e. The van der Waals surface area contributed by atoms with Crippen LogP contribution < -0.4 is 5.32 Å². The fourth-order valence-corrected chi connectivity index (χ4v) is 2.18. The minimum Gasteiger partial charge on any atom is -0.444 e. The first-order valence-electron chi connectivity index (χ1n) is 7.01. The van der Waals surface area contributed by atoms with Crippen molar-refractivity contribution in [2.75, 3.05) is 5.32 Å². The number of ketones is 1. The van der Waals surface area contributed by atoms with Gasteiger partial charge < -0.3 is 4.74 Å². The number of pyridine rings is 1. The second-order valence-corrected chi connectivity index (χ2v) is 7.14. The van der Waals surface area contributed by atoms with E-state index in [2.05, 4.69) is 32.9 Å². The number of ether oxygens (including phenoxy) is 1. The Labute approximate surface area is 148 Å². The van der Waals surface area contributed by atoms with Crippen LogP contribution in [-0.4, -0.2) is 22.5 Å². The second kappa shape index (κ2) is 7.08. The molecule has 1 amide bonds. The molecule has 6 heteroatoms. The lowest BCUT2D eigenvalue weighted by molar-refractivity contribution is 0.0635. The van der Waals surface area contributed by atoms with Crippen LogP contribution in [0.5, 0.6) is 0 Å². The Morgan fingerprint density at radius 1 is 1.09 bits per heavy atom. The summed E-state index contributed by atoms with van der Waals surface area (Å²) in [7, 11) is 0. The van der Waals surface area contributed by atoms with E-state index in [1.165, 1.54) is 12.3 Å². The third-order valence-electron chi connectivity index (χ3n) is 2.76. The third kappa shape index (κ3) is 5.31. The topological polar surface area (TPSA) is 68.3 Å². The average Bonchev–Trinajstić information content (AvgIpc) is 2.45. The van der Waals surface area contributed by atoms with Gasteiger partial charge >= 0.3 is 6.09 Å². The van der Waals surface area contributed by atoms with Crippen molar-refractivity contribution in [1.82, 2.24) is 4.98 Å². The first-order chi connectivity index (χ1) is 10.7. The Morgan fingerprint density at radius 2 is 1.74 bits per heavy atom. The van der Waals surface area contributed by atoms with Gasteiger partial charge in [-0.2, -0.15) is 0 Å². The van der Waals surface area contributed by atoms with E-state index in [0.717, 1.165) is 3.57 Å². The highest BCUT2D eigenvalue weighted by Crippen LogP contribution is 2.15. The predicted molar refractivity (Wildman–Crippen MR) is 96.7 cm³/mol. The van der Waals surface area contributed by atoms with Crippen molar-refractivity contribution in [3.63, 3.8) is 0 Å². The molecule has 120 valence electrons. The lowest BCUT2D eigenvalue weighted by atomic mass is 10.0. The van der Waals surface area contributed by atoms with Crippen molar-refractivity contribution in [2.24, 2.45) is 0 Å². The van der Waals surface area contributed by atoms with E-state index in [-0.39, 0.29) is 11.6 Å². The van der Waals surface area contributed by atoms with Crippen molar-refractivity contribution >= 4 is 40.3 Å². The van der Waals surface area contributed by atoms with Gasteiger partial charge in [0, 0.05) is 20.9 Å². The van der Waals surface area contributed by atoms with Crippen LogP contribution in [0, 0.1) is 3.57 Å². The number of hydrogen-bond acceptors (Lipinski definition) is 4. The average molecular weight is 424 g/mol. The van der Waals surface area contributed by atoms with Crippen LogP contribution in [0.1, 0.15) is 36.7 Å². The maximum absolute atomic E-state index is 12.5. The summed E-state index contributed by atoms with van der Waals surface area (Å²) in [4.78, 5) is 28.2. The molecule has 1 N–H and O–H groups in total. The van der Waals surface area contributed by atoms with Crippen LogP contribution >= 0.6 is 22.6 Å². The number of aromatic nitrogens is 1. The van der Waals surface area contributed by atoms with E-state index in [1.807, 2.05) is 12.1 Å². The lowest BCUT2D eigenvalue weighted by Crippen LogP contribution is -2.27. The number of benzene rings is 1. The van der Waals surface area contributed by atoms with E-state index in [4.69, 9.17) is 4.74 Å². The first-order valence-corrected chi connectivity index (χ1v) is 8.09. The predicted octanol–water partition coefficient (Wildman–Crippen LogP) is 4.26. The normalized spacial score (nSPS) is 11.0. The summed E-state index contributed by atoms with van der Waals surface area (Å²) in [5.74, 6) is 0.145. The fraction of sp³-hybridized carbons (Fsp3) is 0.235. The summed E-state index contributed by atoms with van der Waals surface area (Å²) >= 11 is 2.18. The molecule has 2 rings (SSSR count). The number of rotatable bonds is 3. The van der Waals surface area contributed by atoms with Crippen molar-refractivity contribution in [2.45, 2.75) is 26.4 Å². The summed E-state index contributed by atoms with van der Waals surface area (Å²) in [5.41, 5.74) is 0.436. The minimum absolute atomic E-state index is 0.129. The van der Waals surface area contributed by atoms with Crippen molar-refractivity contribution in [3.05, 3.63) is 57.3 Å². The number of halogens is 1. The molecule has 0 radical (unpaired) electrons. The Kier molecular flexibility index (Phi) is 5.35. The summed E-state index contributed by atoms with van der Waals surface area (Å²) in [5, 5.41) is 2.53. The van der Waals surface area contributed by atoms with Crippen LogP contribution in [0.3, 0.4) is 0 Å². The molecule has 5 nitrogen and oxygen atoms in total. The molecule has 0 aliphatic heterocycles. The van der Waals surface area contributed by atoms with Crippen LogP contribution in [0.15, 0.2) is 42.6 Å². The highest BCUT2D eigenvalue weighted by Gasteiger charge is 2.17. The molecule has 0 unspecified atom stereocenters. The first kappa shape index (κ1) is 17.4. The number of anilines is 1. The van der Waals surface area contributed by atoms with Crippen molar-refractivity contribution < 1.29 is 14.3 Å². The largest absolute Gasteiger partial charge is 0.444 e. The van der Waals surface area contributed by atoms with Crippen molar-refractivity contribution in [1.29, 1.82) is 0 Å². The summed E-state index contributed by atoms with van der Waals surface area (Å²) in [6.07, 6.45) is 0.871. The molecular formula is C17H17IN2O3. The number of carbonyl (C=O) groups excluding carboxylic acids is 2. The highest BCUT2D eigenvalue weighted by molar-refractivity contribution is 14.1. The van der Waals surface area contributed by atoms with Crippen LogP contribution in [0.4, 0.5) is 10.6 Å². The Bertz CT molecular complexity index is 721. The zero-order valence-corrected chi connectivity index (χ0v) is 15.2. The molecule has 0 aliphatic rings. The van der Waals surface area contributed by atoms with E-state index in [9.17, 15) is 9.59 Å². The van der Waals surface area contributed by atoms with Gasteiger partial charge in [-0.1, -0.05) is 0 Å². The molecule has 2 aromatic rings. The summed E-state index contributed by atoms with van der Waals surface area (Å²) in [6, 6.07) is 10.4. The van der Waals surface area contributed by atoms with Crippen LogP contribution in [0.2, 0.25) is 0 Å². The zero-order valence-electron chi connectivity index (χ0n) is 13.1. The van der Waals surface area contributed by atoms with Gasteiger partial charge in [-0.05, 0) is 79.8 Å². The molecule has 1 aromatic heterocycles.